The molecule has 1 amide bonds. The first kappa shape index (κ1) is 19.6. The molecule has 2 atom stereocenters. The average molecular weight is 416 g/mol. The summed E-state index contributed by atoms with van der Waals surface area (Å²) in [5.74, 6) is -2.19. The molecule has 2 aromatic carbocycles. The van der Waals surface area contributed by atoms with Gasteiger partial charge < -0.3 is 14.7 Å². The van der Waals surface area contributed by atoms with Gasteiger partial charge in [0.1, 0.15) is 11.6 Å². The predicted octanol–water partition coefficient (Wildman–Crippen LogP) is 4.08. The second-order valence-corrected chi connectivity index (χ2v) is 7.58. The predicted molar refractivity (Wildman–Crippen MR) is 106 cm³/mol. The Morgan fingerprint density at radius 1 is 1.14 bits per heavy atom. The van der Waals surface area contributed by atoms with E-state index in [1.54, 1.807) is 24.3 Å². The van der Waals surface area contributed by atoms with Gasteiger partial charge in [-0.05, 0) is 54.8 Å². The Kier molecular flexibility index (Phi) is 5.39. The number of carbonyl (C=O) groups excluding carboxylic acids is 2. The summed E-state index contributed by atoms with van der Waals surface area (Å²) in [5, 5.41) is 11.4. The van der Waals surface area contributed by atoms with Crippen LogP contribution < -0.4 is 0 Å². The van der Waals surface area contributed by atoms with Crippen LogP contribution in [-0.2, 0) is 14.3 Å². The van der Waals surface area contributed by atoms with E-state index in [0.717, 1.165) is 12.8 Å². The Morgan fingerprint density at radius 2 is 1.83 bits per heavy atom. The van der Waals surface area contributed by atoms with Crippen LogP contribution in [0.3, 0.4) is 0 Å². The Morgan fingerprint density at radius 3 is 2.45 bits per heavy atom. The van der Waals surface area contributed by atoms with Crippen LogP contribution >= 0.6 is 11.6 Å². The van der Waals surface area contributed by atoms with Crippen molar-refractivity contribution in [2.75, 3.05) is 13.2 Å². The van der Waals surface area contributed by atoms with Crippen LogP contribution in [0.15, 0.2) is 54.1 Å². The van der Waals surface area contributed by atoms with Crippen molar-refractivity contribution in [3.63, 3.8) is 0 Å². The fourth-order valence-corrected chi connectivity index (χ4v) is 3.96. The zero-order valence-electron chi connectivity index (χ0n) is 15.5. The lowest BCUT2D eigenvalue weighted by molar-refractivity contribution is -0.140. The SMILES string of the molecule is O=C1C(=O)N(C[C@H]2CCCO2)[C@@H](c2ccc(F)cc2)/C1=C(\O)c1ccc(Cl)cc1. The van der Waals surface area contributed by atoms with E-state index in [2.05, 4.69) is 0 Å². The summed E-state index contributed by atoms with van der Waals surface area (Å²) < 4.78 is 19.1. The van der Waals surface area contributed by atoms with Gasteiger partial charge in [0.2, 0.25) is 0 Å². The van der Waals surface area contributed by atoms with Crippen molar-refractivity contribution in [1.82, 2.24) is 4.90 Å². The van der Waals surface area contributed by atoms with Crippen LogP contribution in [0.2, 0.25) is 5.02 Å². The largest absolute Gasteiger partial charge is 0.507 e. The molecule has 2 saturated heterocycles. The summed E-state index contributed by atoms with van der Waals surface area (Å²) in [6, 6.07) is 11.1. The van der Waals surface area contributed by atoms with E-state index >= 15 is 0 Å². The van der Waals surface area contributed by atoms with E-state index in [1.807, 2.05) is 0 Å². The Hall–Kier alpha value is -2.70. The van der Waals surface area contributed by atoms with Gasteiger partial charge in [-0.15, -0.1) is 0 Å². The third-order valence-corrected chi connectivity index (χ3v) is 5.52. The molecule has 2 aliphatic heterocycles. The van der Waals surface area contributed by atoms with Crippen LogP contribution in [0.25, 0.3) is 5.76 Å². The lowest BCUT2D eigenvalue weighted by Gasteiger charge is -2.27. The lowest BCUT2D eigenvalue weighted by atomic mass is 9.95. The third kappa shape index (κ3) is 3.78. The standard InChI is InChI=1S/C22H19ClFNO4/c23-15-7-3-14(4-8-15)20(26)18-19(13-5-9-16(24)10-6-13)25(22(28)21(18)27)12-17-2-1-11-29-17/h3-10,17,19,26H,1-2,11-12H2/b20-18+/t17-,19+/m1/s1. The van der Waals surface area contributed by atoms with Gasteiger partial charge in [-0.2, -0.15) is 0 Å². The van der Waals surface area contributed by atoms with Crippen molar-refractivity contribution in [3.05, 3.63) is 76.1 Å². The fourth-order valence-electron chi connectivity index (χ4n) is 3.83. The van der Waals surface area contributed by atoms with Gasteiger partial charge >= 0.3 is 0 Å². The van der Waals surface area contributed by atoms with Crippen molar-refractivity contribution >= 4 is 29.1 Å². The maximum Gasteiger partial charge on any atom is 0.295 e. The van der Waals surface area contributed by atoms with Gasteiger partial charge in [0.15, 0.2) is 0 Å². The molecule has 5 nitrogen and oxygen atoms in total. The van der Waals surface area contributed by atoms with Crippen LogP contribution in [0.4, 0.5) is 4.39 Å². The molecule has 2 aromatic rings. The summed E-state index contributed by atoms with van der Waals surface area (Å²) in [7, 11) is 0. The Labute approximate surface area is 172 Å². The number of hydrogen-bond acceptors (Lipinski definition) is 4. The molecule has 0 unspecified atom stereocenters. The van der Waals surface area contributed by atoms with Crippen LogP contribution in [0, 0.1) is 5.82 Å². The number of aliphatic hydroxyl groups excluding tert-OH is 1. The molecule has 0 spiro atoms. The van der Waals surface area contributed by atoms with Crippen molar-refractivity contribution in [2.45, 2.75) is 25.0 Å². The van der Waals surface area contributed by atoms with Crippen molar-refractivity contribution in [2.24, 2.45) is 0 Å². The number of nitrogens with zero attached hydrogens (tertiary/aromatic N) is 1. The monoisotopic (exact) mass is 415 g/mol. The lowest BCUT2D eigenvalue weighted by Crippen LogP contribution is -2.36. The molecule has 2 fully saturated rings. The molecule has 2 aliphatic rings. The van der Waals surface area contributed by atoms with E-state index in [1.165, 1.54) is 29.2 Å². The molecule has 0 saturated carbocycles. The number of aliphatic hydroxyl groups is 1. The molecule has 1 N–H and O–H groups in total. The highest BCUT2D eigenvalue weighted by Crippen LogP contribution is 2.40. The number of benzene rings is 2. The zero-order valence-corrected chi connectivity index (χ0v) is 16.2. The van der Waals surface area contributed by atoms with E-state index in [9.17, 15) is 19.1 Å². The number of halogens is 2. The summed E-state index contributed by atoms with van der Waals surface area (Å²) in [6.07, 6.45) is 1.50. The van der Waals surface area contributed by atoms with Gasteiger partial charge in [-0.3, -0.25) is 9.59 Å². The van der Waals surface area contributed by atoms with Crippen LogP contribution in [-0.4, -0.2) is 41.0 Å². The summed E-state index contributed by atoms with van der Waals surface area (Å²) in [4.78, 5) is 27.1. The molecule has 2 heterocycles. The first-order valence-electron chi connectivity index (χ1n) is 9.37. The number of rotatable bonds is 4. The molecule has 0 aliphatic carbocycles. The number of likely N-dealkylation sites (tertiary alicyclic amines) is 1. The second-order valence-electron chi connectivity index (χ2n) is 7.14. The average Bonchev–Trinajstić information content (AvgIpc) is 3.31. The minimum atomic E-state index is -0.824. The highest BCUT2D eigenvalue weighted by molar-refractivity contribution is 6.46. The van der Waals surface area contributed by atoms with Crippen LogP contribution in [0.5, 0.6) is 0 Å². The molecule has 7 heteroatoms. The minimum absolute atomic E-state index is 0.0260. The maximum absolute atomic E-state index is 13.5. The molecule has 0 aromatic heterocycles. The molecular weight excluding hydrogens is 397 g/mol. The third-order valence-electron chi connectivity index (χ3n) is 5.27. The first-order chi connectivity index (χ1) is 14.0. The quantitative estimate of drug-likeness (QED) is 0.464. The first-order valence-corrected chi connectivity index (χ1v) is 9.75. The number of amides is 1. The normalized spacial score (nSPS) is 23.7. The van der Waals surface area contributed by atoms with Gasteiger partial charge in [0.25, 0.3) is 11.7 Å². The van der Waals surface area contributed by atoms with E-state index in [4.69, 9.17) is 16.3 Å². The van der Waals surface area contributed by atoms with Crippen molar-refractivity contribution in [1.29, 1.82) is 0 Å². The van der Waals surface area contributed by atoms with Gasteiger partial charge in [0, 0.05) is 23.7 Å². The Balaban J connectivity index is 1.81. The summed E-state index contributed by atoms with van der Waals surface area (Å²) in [6.45, 7) is 0.838. The van der Waals surface area contributed by atoms with Crippen molar-refractivity contribution < 1.29 is 23.8 Å². The summed E-state index contributed by atoms with van der Waals surface area (Å²) in [5.41, 5.74) is 0.887. The molecule has 150 valence electrons. The smallest absolute Gasteiger partial charge is 0.295 e. The van der Waals surface area contributed by atoms with E-state index in [-0.39, 0.29) is 24.0 Å². The maximum atomic E-state index is 13.5. The van der Waals surface area contributed by atoms with E-state index in [0.29, 0.717) is 22.8 Å². The van der Waals surface area contributed by atoms with Gasteiger partial charge in [0.05, 0.1) is 17.7 Å². The number of ether oxygens (including phenoxy) is 1. The number of Topliss-reactive ketones (excluding diaryl/α,β-unsaturated/α-hetero) is 1. The van der Waals surface area contributed by atoms with Gasteiger partial charge in [-0.1, -0.05) is 23.7 Å². The molecule has 0 bridgehead atoms. The molecule has 29 heavy (non-hydrogen) atoms. The number of ketones is 1. The fraction of sp³-hybridized carbons (Fsp3) is 0.273. The molecular formula is C22H19ClFNO4. The van der Waals surface area contributed by atoms with E-state index < -0.39 is 23.5 Å². The Bertz CT molecular complexity index is 965. The molecule has 4 rings (SSSR count). The number of hydrogen-bond donors (Lipinski definition) is 1. The van der Waals surface area contributed by atoms with Crippen LogP contribution in [0.1, 0.15) is 30.0 Å². The highest BCUT2D eigenvalue weighted by atomic mass is 35.5. The highest BCUT2D eigenvalue weighted by Gasteiger charge is 2.47. The second kappa shape index (κ2) is 7.97. The topological polar surface area (TPSA) is 66.8 Å². The van der Waals surface area contributed by atoms with Gasteiger partial charge in [-0.25, -0.2) is 4.39 Å². The minimum Gasteiger partial charge on any atom is -0.507 e. The zero-order chi connectivity index (χ0) is 20.5. The molecule has 0 radical (unpaired) electrons. The summed E-state index contributed by atoms with van der Waals surface area (Å²) >= 11 is 5.91. The number of carbonyl (C=O) groups is 2. The van der Waals surface area contributed by atoms with Crippen molar-refractivity contribution in [3.8, 4) is 0 Å².